The number of nitrogens with one attached hydrogen (secondary N) is 1. The van der Waals surface area contributed by atoms with Gasteiger partial charge >= 0.3 is 0 Å². The van der Waals surface area contributed by atoms with E-state index in [1.165, 1.54) is 6.92 Å². The van der Waals surface area contributed by atoms with Gasteiger partial charge < -0.3 is 49.8 Å². The highest BCUT2D eigenvalue weighted by molar-refractivity contribution is 5.73. The van der Waals surface area contributed by atoms with Gasteiger partial charge in [0.05, 0.1) is 13.2 Å². The van der Waals surface area contributed by atoms with Crippen LogP contribution in [0.15, 0.2) is 4.99 Å². The van der Waals surface area contributed by atoms with Gasteiger partial charge in [-0.25, -0.2) is 4.99 Å². The van der Waals surface area contributed by atoms with E-state index in [1.54, 1.807) is 0 Å². The molecule has 0 spiro atoms. The zero-order valence-corrected chi connectivity index (χ0v) is 14.5. The minimum absolute atomic E-state index is 0.513. The molecule has 0 radical (unpaired) electrons. The van der Waals surface area contributed by atoms with Crippen molar-refractivity contribution in [1.29, 1.82) is 0 Å². The van der Waals surface area contributed by atoms with Gasteiger partial charge in [0.15, 0.2) is 12.7 Å². The Kier molecular flexibility index (Phi) is 6.28. The lowest BCUT2D eigenvalue weighted by Crippen LogP contribution is -2.67. The predicted octanol–water partition coefficient (Wildman–Crippen LogP) is -4.18. The standard InChI is InChI=1S/C15H24N2O10/c1-5(20)17-9-11(22)10(21)6(2-18)25-15(9)27-13-7(3-19)26-14-8(12(13)23)16-4-24-14/h4,6-15,18-19,21-23H,2-3H2,1H3,(H,17,20)/t6-,7-,8-,9-,10-,11-,12-,13-,14+,15+/m1/s1. The zero-order chi connectivity index (χ0) is 19.7. The summed E-state index contributed by atoms with van der Waals surface area (Å²) in [5.41, 5.74) is 0. The van der Waals surface area contributed by atoms with Gasteiger partial charge in [-0.15, -0.1) is 0 Å². The van der Waals surface area contributed by atoms with Gasteiger partial charge in [-0.1, -0.05) is 0 Å². The molecule has 10 atom stereocenters. The quantitative estimate of drug-likeness (QED) is 0.269. The molecular formula is C15H24N2O10. The number of hydrogen-bond donors (Lipinski definition) is 6. The van der Waals surface area contributed by atoms with Crippen LogP contribution in [0.25, 0.3) is 0 Å². The molecule has 6 N–H and O–H groups in total. The summed E-state index contributed by atoms with van der Waals surface area (Å²) in [5.74, 6) is -0.515. The normalized spacial score (nSPS) is 46.6. The Hall–Kier alpha value is -1.38. The molecule has 0 aliphatic carbocycles. The van der Waals surface area contributed by atoms with Crippen molar-refractivity contribution in [2.75, 3.05) is 13.2 Å². The summed E-state index contributed by atoms with van der Waals surface area (Å²) < 4.78 is 21.8. The molecule has 12 nitrogen and oxygen atoms in total. The molecule has 0 aromatic carbocycles. The van der Waals surface area contributed by atoms with Crippen LogP contribution < -0.4 is 5.32 Å². The third kappa shape index (κ3) is 3.93. The molecule has 3 rings (SSSR count). The van der Waals surface area contributed by atoms with Crippen LogP contribution in [0.2, 0.25) is 0 Å². The lowest BCUT2D eigenvalue weighted by Gasteiger charge is -2.46. The summed E-state index contributed by atoms with van der Waals surface area (Å²) in [6.45, 7) is 0.0832. The number of nitrogens with zero attached hydrogens (tertiary/aromatic N) is 1. The summed E-state index contributed by atoms with van der Waals surface area (Å²) in [5, 5.41) is 52.3. The first-order chi connectivity index (χ1) is 12.9. The van der Waals surface area contributed by atoms with Crippen LogP contribution in [-0.2, 0) is 23.7 Å². The van der Waals surface area contributed by atoms with Crippen molar-refractivity contribution >= 4 is 12.3 Å². The summed E-state index contributed by atoms with van der Waals surface area (Å²) in [7, 11) is 0. The lowest BCUT2D eigenvalue weighted by atomic mass is 9.95. The van der Waals surface area contributed by atoms with Gasteiger partial charge in [0.1, 0.15) is 48.7 Å². The topological polar surface area (TPSA) is 180 Å². The summed E-state index contributed by atoms with van der Waals surface area (Å²) in [6.07, 6.45) is -8.60. The fourth-order valence-electron chi connectivity index (χ4n) is 3.40. The van der Waals surface area contributed by atoms with E-state index in [2.05, 4.69) is 10.3 Å². The second kappa shape index (κ2) is 8.32. The first kappa shape index (κ1) is 20.4. The van der Waals surface area contributed by atoms with Crippen LogP contribution in [0.1, 0.15) is 6.92 Å². The number of hydrogen-bond acceptors (Lipinski definition) is 11. The van der Waals surface area contributed by atoms with Crippen molar-refractivity contribution < 1.29 is 49.3 Å². The third-order valence-corrected chi connectivity index (χ3v) is 4.79. The highest BCUT2D eigenvalue weighted by Gasteiger charge is 2.52. The molecule has 154 valence electrons. The molecule has 0 unspecified atom stereocenters. The van der Waals surface area contributed by atoms with E-state index >= 15 is 0 Å². The monoisotopic (exact) mass is 392 g/mol. The van der Waals surface area contributed by atoms with Crippen LogP contribution in [-0.4, -0.2) is 112 Å². The molecule has 1 amide bonds. The fourth-order valence-corrected chi connectivity index (χ4v) is 3.40. The highest BCUT2D eigenvalue weighted by atomic mass is 16.7. The van der Waals surface area contributed by atoms with E-state index in [4.69, 9.17) is 18.9 Å². The molecule has 3 aliphatic heterocycles. The van der Waals surface area contributed by atoms with Gasteiger partial charge in [-0.3, -0.25) is 4.79 Å². The molecule has 2 fully saturated rings. The van der Waals surface area contributed by atoms with Crippen molar-refractivity contribution in [3.8, 4) is 0 Å². The Morgan fingerprint density at radius 1 is 1.11 bits per heavy atom. The van der Waals surface area contributed by atoms with Gasteiger partial charge in [0, 0.05) is 6.92 Å². The minimum Gasteiger partial charge on any atom is -0.452 e. The van der Waals surface area contributed by atoms with Crippen molar-refractivity contribution in [2.24, 2.45) is 4.99 Å². The Balaban J connectivity index is 1.80. The number of fused-ring (bicyclic) bond motifs is 1. The minimum atomic E-state index is -1.50. The van der Waals surface area contributed by atoms with Gasteiger partial charge in [0.25, 0.3) is 0 Å². The van der Waals surface area contributed by atoms with E-state index in [9.17, 15) is 30.3 Å². The van der Waals surface area contributed by atoms with Crippen LogP contribution in [0.3, 0.4) is 0 Å². The average molecular weight is 392 g/mol. The molecule has 0 saturated carbocycles. The molecule has 2 saturated heterocycles. The van der Waals surface area contributed by atoms with Gasteiger partial charge in [0.2, 0.25) is 12.2 Å². The van der Waals surface area contributed by atoms with Crippen molar-refractivity contribution in [3.63, 3.8) is 0 Å². The van der Waals surface area contributed by atoms with E-state index in [1.807, 2.05) is 0 Å². The van der Waals surface area contributed by atoms with Crippen molar-refractivity contribution in [1.82, 2.24) is 5.32 Å². The summed E-state index contributed by atoms with van der Waals surface area (Å²) in [6, 6.07) is -1.97. The molecule has 12 heteroatoms. The first-order valence-corrected chi connectivity index (χ1v) is 8.54. The number of carbonyl (C=O) groups excluding carboxylic acids is 1. The van der Waals surface area contributed by atoms with E-state index in [-0.39, 0.29) is 0 Å². The van der Waals surface area contributed by atoms with Crippen LogP contribution in [0, 0.1) is 0 Å². The number of aliphatic imine (C=N–C) groups is 1. The lowest BCUT2D eigenvalue weighted by molar-refractivity contribution is -0.322. The Labute approximate surface area is 154 Å². The number of carbonyl (C=O) groups is 1. The summed E-state index contributed by atoms with van der Waals surface area (Å²) in [4.78, 5) is 15.4. The third-order valence-electron chi connectivity index (χ3n) is 4.79. The maximum Gasteiger partial charge on any atom is 0.226 e. The van der Waals surface area contributed by atoms with E-state index < -0.39 is 80.4 Å². The molecule has 27 heavy (non-hydrogen) atoms. The zero-order valence-electron chi connectivity index (χ0n) is 14.5. The maximum atomic E-state index is 11.5. The second-order valence-electron chi connectivity index (χ2n) is 6.63. The smallest absolute Gasteiger partial charge is 0.226 e. The fraction of sp³-hybridized carbons (Fsp3) is 0.867. The number of ether oxygens (including phenoxy) is 4. The predicted molar refractivity (Wildman–Crippen MR) is 85.4 cm³/mol. The highest BCUT2D eigenvalue weighted by Crippen LogP contribution is 2.31. The van der Waals surface area contributed by atoms with E-state index in [0.717, 1.165) is 6.40 Å². The number of aliphatic hydroxyl groups excluding tert-OH is 5. The van der Waals surface area contributed by atoms with Crippen LogP contribution >= 0.6 is 0 Å². The molecule has 0 aromatic heterocycles. The maximum absolute atomic E-state index is 11.5. The Bertz CT molecular complexity index is 563. The van der Waals surface area contributed by atoms with Crippen molar-refractivity contribution in [2.45, 2.75) is 68.2 Å². The SMILES string of the molecule is CC(=O)N[C@H]1[C@H](O[C@H]2[C@H](O)[C@H]3N=CO[C@H]3O[C@@H]2CO)O[C@H](CO)[C@@H](O)[C@@H]1O. The number of rotatable bonds is 5. The molecule has 3 aliphatic rings. The first-order valence-electron chi connectivity index (χ1n) is 8.54. The largest absolute Gasteiger partial charge is 0.452 e. The van der Waals surface area contributed by atoms with Crippen LogP contribution in [0.4, 0.5) is 0 Å². The Morgan fingerprint density at radius 2 is 1.81 bits per heavy atom. The number of aliphatic hydroxyl groups is 5. The molecule has 0 aromatic rings. The summed E-state index contributed by atoms with van der Waals surface area (Å²) >= 11 is 0. The van der Waals surface area contributed by atoms with Gasteiger partial charge in [-0.05, 0) is 0 Å². The van der Waals surface area contributed by atoms with Crippen molar-refractivity contribution in [3.05, 3.63) is 0 Å². The number of amides is 1. The Morgan fingerprint density at radius 3 is 2.44 bits per heavy atom. The van der Waals surface area contributed by atoms with Crippen LogP contribution in [0.5, 0.6) is 0 Å². The average Bonchev–Trinajstić information content (AvgIpc) is 3.11. The van der Waals surface area contributed by atoms with Gasteiger partial charge in [-0.2, -0.15) is 0 Å². The van der Waals surface area contributed by atoms with E-state index in [0.29, 0.717) is 0 Å². The second-order valence-corrected chi connectivity index (χ2v) is 6.63. The molecular weight excluding hydrogens is 368 g/mol. The molecule has 0 bridgehead atoms. The molecule has 3 heterocycles.